The Morgan fingerprint density at radius 3 is 2.58 bits per heavy atom. The fraction of sp³-hybridized carbons (Fsp3) is 0.400. The molecule has 0 bridgehead atoms. The van der Waals surface area contributed by atoms with Gasteiger partial charge in [-0.15, -0.1) is 0 Å². The number of amides is 2. The van der Waals surface area contributed by atoms with Crippen LogP contribution in [0.5, 0.6) is 0 Å². The van der Waals surface area contributed by atoms with Crippen LogP contribution in [0.2, 0.25) is 0 Å². The molecule has 1 aromatic carbocycles. The van der Waals surface area contributed by atoms with Crippen molar-refractivity contribution in [2.45, 2.75) is 38.1 Å². The number of para-hydroxylation sites is 1. The maximum atomic E-state index is 13.0. The summed E-state index contributed by atoms with van der Waals surface area (Å²) in [6, 6.07) is 14.1. The highest BCUT2D eigenvalue weighted by Gasteiger charge is 2.52. The lowest BCUT2D eigenvalue weighted by Gasteiger charge is -2.26. The van der Waals surface area contributed by atoms with Gasteiger partial charge in [0.2, 0.25) is 0 Å². The molecule has 1 spiro atoms. The third-order valence-corrected chi connectivity index (χ3v) is 5.28. The lowest BCUT2D eigenvalue weighted by atomic mass is 9.99. The van der Waals surface area contributed by atoms with Gasteiger partial charge in [0.15, 0.2) is 0 Å². The van der Waals surface area contributed by atoms with E-state index in [4.69, 9.17) is 0 Å². The maximum absolute atomic E-state index is 13.0. The van der Waals surface area contributed by atoms with E-state index in [1.54, 1.807) is 6.20 Å². The third-order valence-electron chi connectivity index (χ3n) is 5.28. The highest BCUT2D eigenvalue weighted by Crippen LogP contribution is 2.56. The molecule has 1 saturated carbocycles. The molecule has 2 amide bonds. The average molecular weight is 321 g/mol. The predicted molar refractivity (Wildman–Crippen MR) is 95.0 cm³/mol. The van der Waals surface area contributed by atoms with Crippen molar-refractivity contribution in [2.24, 2.45) is 5.92 Å². The minimum absolute atomic E-state index is 0.0180. The van der Waals surface area contributed by atoms with E-state index in [0.717, 1.165) is 17.9 Å². The van der Waals surface area contributed by atoms with E-state index in [-0.39, 0.29) is 23.4 Å². The number of benzene rings is 1. The van der Waals surface area contributed by atoms with Crippen molar-refractivity contribution >= 4 is 11.7 Å². The summed E-state index contributed by atoms with van der Waals surface area (Å²) in [6.45, 7) is 5.02. The van der Waals surface area contributed by atoms with Gasteiger partial charge in [-0.3, -0.25) is 9.88 Å². The summed E-state index contributed by atoms with van der Waals surface area (Å²) >= 11 is 0. The number of aromatic nitrogens is 1. The minimum atomic E-state index is -0.0818. The Balaban J connectivity index is 1.58. The number of hydrogen-bond acceptors (Lipinski definition) is 2. The number of urea groups is 1. The van der Waals surface area contributed by atoms with Crippen LogP contribution in [0.25, 0.3) is 0 Å². The molecule has 1 aromatic heterocycles. The average Bonchev–Trinajstić information content (AvgIpc) is 3.30. The Kier molecular flexibility index (Phi) is 3.56. The summed E-state index contributed by atoms with van der Waals surface area (Å²) in [5, 5.41) is 3.21. The number of hydrogen-bond donors (Lipinski definition) is 1. The molecule has 124 valence electrons. The summed E-state index contributed by atoms with van der Waals surface area (Å²) in [7, 11) is 0. The molecule has 2 aliphatic rings. The molecule has 1 atom stereocenters. The minimum Gasteiger partial charge on any atom is -0.329 e. The Labute approximate surface area is 142 Å². The second-order valence-corrected chi connectivity index (χ2v) is 7.31. The molecule has 24 heavy (non-hydrogen) atoms. The van der Waals surface area contributed by atoms with Crippen LogP contribution in [-0.4, -0.2) is 17.6 Å². The van der Waals surface area contributed by atoms with Crippen LogP contribution in [0.1, 0.15) is 44.0 Å². The van der Waals surface area contributed by atoms with Crippen LogP contribution in [0.3, 0.4) is 0 Å². The topological polar surface area (TPSA) is 45.2 Å². The standard InChI is InChI=1S/C20H23N3O/c1-14(2)18(16-8-5-6-12-21-16)22-19(24)23-13-20(10-11-20)15-7-3-4-9-17(15)23/h3-9,12,14,18H,10-11,13H2,1-2H3,(H,22,24)/t18-/m0/s1. The fourth-order valence-electron chi connectivity index (χ4n) is 3.74. The van der Waals surface area contributed by atoms with Gasteiger partial charge in [-0.2, -0.15) is 0 Å². The van der Waals surface area contributed by atoms with Crippen LogP contribution >= 0.6 is 0 Å². The molecule has 1 aliphatic carbocycles. The molecule has 4 heteroatoms. The molecule has 1 fully saturated rings. The van der Waals surface area contributed by atoms with Crippen molar-refractivity contribution in [3.63, 3.8) is 0 Å². The summed E-state index contributed by atoms with van der Waals surface area (Å²) in [4.78, 5) is 19.3. The van der Waals surface area contributed by atoms with Gasteiger partial charge >= 0.3 is 6.03 Å². The molecule has 2 aromatic rings. The molecule has 0 radical (unpaired) electrons. The first-order valence-corrected chi connectivity index (χ1v) is 8.69. The van der Waals surface area contributed by atoms with Gasteiger partial charge in [0, 0.05) is 23.8 Å². The van der Waals surface area contributed by atoms with Crippen molar-refractivity contribution in [1.29, 1.82) is 0 Å². The first-order chi connectivity index (χ1) is 11.6. The Morgan fingerprint density at radius 1 is 1.17 bits per heavy atom. The van der Waals surface area contributed by atoms with Crippen molar-refractivity contribution in [3.8, 4) is 0 Å². The zero-order chi connectivity index (χ0) is 16.7. The lowest BCUT2D eigenvalue weighted by Crippen LogP contribution is -2.43. The molecular formula is C20H23N3O. The molecular weight excluding hydrogens is 298 g/mol. The van der Waals surface area contributed by atoms with Crippen LogP contribution in [0, 0.1) is 5.92 Å². The van der Waals surface area contributed by atoms with Crippen molar-refractivity contribution in [1.82, 2.24) is 10.3 Å². The van der Waals surface area contributed by atoms with Gasteiger partial charge in [0.25, 0.3) is 0 Å². The first kappa shape index (κ1) is 15.2. The van der Waals surface area contributed by atoms with Gasteiger partial charge in [0.05, 0.1) is 11.7 Å². The third kappa shape index (κ3) is 2.46. The molecule has 0 saturated heterocycles. The van der Waals surface area contributed by atoms with Crippen molar-refractivity contribution in [2.75, 3.05) is 11.4 Å². The molecule has 4 nitrogen and oxygen atoms in total. The first-order valence-electron chi connectivity index (χ1n) is 8.69. The van der Waals surface area contributed by atoms with Gasteiger partial charge < -0.3 is 5.32 Å². The molecule has 1 N–H and O–H groups in total. The molecule has 0 unspecified atom stereocenters. The molecule has 1 aliphatic heterocycles. The Bertz CT molecular complexity index is 752. The zero-order valence-electron chi connectivity index (χ0n) is 14.2. The number of nitrogens with one attached hydrogen (secondary N) is 1. The van der Waals surface area contributed by atoms with Crippen LogP contribution in [0.4, 0.5) is 10.5 Å². The molecule has 4 rings (SSSR count). The van der Waals surface area contributed by atoms with Gasteiger partial charge in [-0.05, 0) is 42.5 Å². The van der Waals surface area contributed by atoms with Gasteiger partial charge in [0.1, 0.15) is 0 Å². The summed E-state index contributed by atoms with van der Waals surface area (Å²) in [5.41, 5.74) is 3.52. The van der Waals surface area contributed by atoms with Crippen LogP contribution in [0.15, 0.2) is 48.7 Å². The highest BCUT2D eigenvalue weighted by molar-refractivity contribution is 5.95. The normalized spacial score (nSPS) is 18.5. The second kappa shape index (κ2) is 5.62. The van der Waals surface area contributed by atoms with E-state index in [9.17, 15) is 4.79 Å². The Morgan fingerprint density at radius 2 is 1.92 bits per heavy atom. The Hall–Kier alpha value is -2.36. The fourth-order valence-corrected chi connectivity index (χ4v) is 3.74. The number of anilines is 1. The summed E-state index contributed by atoms with van der Waals surface area (Å²) in [6.07, 6.45) is 4.14. The highest BCUT2D eigenvalue weighted by atomic mass is 16.2. The van der Waals surface area contributed by atoms with Gasteiger partial charge in [-0.1, -0.05) is 38.1 Å². The van der Waals surface area contributed by atoms with Crippen LogP contribution < -0.4 is 10.2 Å². The summed E-state index contributed by atoms with van der Waals surface area (Å²) < 4.78 is 0. The van der Waals surface area contributed by atoms with Gasteiger partial charge in [-0.25, -0.2) is 4.79 Å². The number of carbonyl (C=O) groups excluding carboxylic acids is 1. The smallest absolute Gasteiger partial charge is 0.322 e. The van der Waals surface area contributed by atoms with Crippen molar-refractivity contribution in [3.05, 3.63) is 59.9 Å². The number of pyridine rings is 1. The molecule has 2 heterocycles. The number of rotatable bonds is 3. The maximum Gasteiger partial charge on any atom is 0.322 e. The number of carbonyl (C=O) groups is 1. The van der Waals surface area contributed by atoms with E-state index in [1.165, 1.54) is 18.4 Å². The van der Waals surface area contributed by atoms with E-state index >= 15 is 0 Å². The van der Waals surface area contributed by atoms with E-state index in [0.29, 0.717) is 0 Å². The summed E-state index contributed by atoms with van der Waals surface area (Å²) in [5.74, 6) is 0.275. The van der Waals surface area contributed by atoms with Crippen LogP contribution in [-0.2, 0) is 5.41 Å². The van der Waals surface area contributed by atoms with E-state index in [1.807, 2.05) is 29.2 Å². The quantitative estimate of drug-likeness (QED) is 0.927. The largest absolute Gasteiger partial charge is 0.329 e. The zero-order valence-corrected chi connectivity index (χ0v) is 14.2. The second-order valence-electron chi connectivity index (χ2n) is 7.31. The monoisotopic (exact) mass is 321 g/mol. The van der Waals surface area contributed by atoms with Crippen molar-refractivity contribution < 1.29 is 4.79 Å². The number of nitrogens with zero attached hydrogens (tertiary/aromatic N) is 2. The number of fused-ring (bicyclic) bond motifs is 2. The SMILES string of the molecule is CC(C)[C@H](NC(=O)N1CC2(CC2)c2ccccc21)c1ccccn1. The van der Waals surface area contributed by atoms with E-state index in [2.05, 4.69) is 42.3 Å². The van der Waals surface area contributed by atoms with E-state index < -0.39 is 0 Å². The lowest BCUT2D eigenvalue weighted by molar-refractivity contribution is 0.238. The predicted octanol–water partition coefficient (Wildman–Crippen LogP) is 4.04.